The van der Waals surface area contributed by atoms with Crippen LogP contribution in [0.25, 0.3) is 0 Å². The topological polar surface area (TPSA) is 92.5 Å². The van der Waals surface area contributed by atoms with Crippen LogP contribution in [0.1, 0.15) is 30.7 Å². The van der Waals surface area contributed by atoms with Crippen molar-refractivity contribution >= 4 is 16.0 Å². The van der Waals surface area contributed by atoms with E-state index in [-0.39, 0.29) is 23.9 Å². The lowest BCUT2D eigenvalue weighted by atomic mass is 10.4. The number of carboxylic acid groups (broad SMARTS) is 1. The van der Waals surface area contributed by atoms with E-state index in [1.54, 1.807) is 20.9 Å². The van der Waals surface area contributed by atoms with Crippen LogP contribution in [-0.2, 0) is 21.4 Å². The Morgan fingerprint density at radius 1 is 1.45 bits per heavy atom. The molecule has 0 atom stereocenters. The van der Waals surface area contributed by atoms with Crippen LogP contribution in [-0.4, -0.2) is 46.7 Å². The molecule has 20 heavy (non-hydrogen) atoms. The molecule has 1 saturated carbocycles. The molecule has 0 bridgehead atoms. The predicted octanol–water partition coefficient (Wildman–Crippen LogP) is 0.758. The summed E-state index contributed by atoms with van der Waals surface area (Å²) in [5.74, 6) is -0.933. The van der Waals surface area contributed by atoms with Gasteiger partial charge in [-0.25, -0.2) is 8.42 Å². The van der Waals surface area contributed by atoms with Crippen molar-refractivity contribution in [2.24, 2.45) is 0 Å². The van der Waals surface area contributed by atoms with Crippen LogP contribution in [0.4, 0.5) is 0 Å². The maximum atomic E-state index is 12.6. The van der Waals surface area contributed by atoms with Gasteiger partial charge < -0.3 is 5.11 Å². The summed E-state index contributed by atoms with van der Waals surface area (Å²) in [5, 5.41) is 12.9. The highest BCUT2D eigenvalue weighted by Gasteiger charge is 2.37. The number of aromatic nitrogens is 2. The SMILES string of the molecule is Cc1nn(CCC(=O)O)c(C)c1S(=O)(=O)N(C)C1CC1. The van der Waals surface area contributed by atoms with Gasteiger partial charge in [-0.3, -0.25) is 9.48 Å². The van der Waals surface area contributed by atoms with E-state index in [9.17, 15) is 13.2 Å². The quantitative estimate of drug-likeness (QED) is 0.837. The fourth-order valence-electron chi connectivity index (χ4n) is 2.25. The van der Waals surface area contributed by atoms with Crippen LogP contribution in [0.5, 0.6) is 0 Å². The fourth-order valence-corrected chi connectivity index (χ4v) is 4.04. The van der Waals surface area contributed by atoms with Gasteiger partial charge in [-0.2, -0.15) is 9.40 Å². The molecule has 1 heterocycles. The number of carboxylic acids is 1. The van der Waals surface area contributed by atoms with Crippen LogP contribution in [0.3, 0.4) is 0 Å². The first-order valence-electron chi connectivity index (χ1n) is 6.49. The Morgan fingerprint density at radius 2 is 2.05 bits per heavy atom. The van der Waals surface area contributed by atoms with E-state index in [0.717, 1.165) is 12.8 Å². The normalized spacial score (nSPS) is 15.8. The Morgan fingerprint density at radius 3 is 2.55 bits per heavy atom. The molecular formula is C12H19N3O4S. The lowest BCUT2D eigenvalue weighted by Crippen LogP contribution is -2.29. The lowest BCUT2D eigenvalue weighted by Gasteiger charge is -2.16. The molecule has 0 aliphatic heterocycles. The number of rotatable bonds is 6. The highest BCUT2D eigenvalue weighted by Crippen LogP contribution is 2.32. The van der Waals surface area contributed by atoms with Crippen LogP contribution < -0.4 is 0 Å². The standard InChI is InChI=1S/C12H19N3O4S/c1-8-12(20(18,19)14(3)10-4-5-10)9(2)15(13-8)7-6-11(16)17/h10H,4-7H2,1-3H3,(H,16,17). The zero-order valence-electron chi connectivity index (χ0n) is 11.8. The van der Waals surface area contributed by atoms with Gasteiger partial charge in [-0.15, -0.1) is 0 Å². The molecule has 1 fully saturated rings. The number of hydrogen-bond donors (Lipinski definition) is 1. The summed E-state index contributed by atoms with van der Waals surface area (Å²) >= 11 is 0. The molecule has 1 N–H and O–H groups in total. The minimum Gasteiger partial charge on any atom is -0.481 e. The molecule has 8 heteroatoms. The molecule has 0 spiro atoms. The first-order chi connectivity index (χ1) is 9.25. The van der Waals surface area contributed by atoms with Gasteiger partial charge in [0.2, 0.25) is 10.0 Å². The predicted molar refractivity (Wildman–Crippen MR) is 71.9 cm³/mol. The molecule has 1 aromatic rings. The minimum atomic E-state index is -3.55. The Hall–Kier alpha value is -1.41. The Kier molecular flexibility index (Phi) is 3.88. The van der Waals surface area contributed by atoms with Crippen molar-refractivity contribution in [3.8, 4) is 0 Å². The molecule has 1 aliphatic carbocycles. The number of aliphatic carboxylic acids is 1. The Labute approximate surface area is 118 Å². The Balaban J connectivity index is 2.34. The second-order valence-electron chi connectivity index (χ2n) is 5.12. The maximum Gasteiger partial charge on any atom is 0.305 e. The average molecular weight is 301 g/mol. The summed E-state index contributed by atoms with van der Waals surface area (Å²) in [6, 6.07) is 0.0844. The number of sulfonamides is 1. The van der Waals surface area contributed by atoms with Crippen LogP contribution >= 0.6 is 0 Å². The van der Waals surface area contributed by atoms with Crippen molar-refractivity contribution in [3.63, 3.8) is 0 Å². The van der Waals surface area contributed by atoms with Crippen molar-refractivity contribution in [2.75, 3.05) is 7.05 Å². The van der Waals surface area contributed by atoms with E-state index in [0.29, 0.717) is 11.4 Å². The van der Waals surface area contributed by atoms with Crippen molar-refractivity contribution in [1.29, 1.82) is 0 Å². The molecule has 1 aromatic heterocycles. The molecule has 0 aromatic carbocycles. The summed E-state index contributed by atoms with van der Waals surface area (Å²) in [5.41, 5.74) is 0.914. The van der Waals surface area contributed by atoms with Gasteiger partial charge in [0.05, 0.1) is 24.4 Å². The molecule has 1 aliphatic rings. The second-order valence-corrected chi connectivity index (χ2v) is 7.05. The highest BCUT2D eigenvalue weighted by molar-refractivity contribution is 7.89. The highest BCUT2D eigenvalue weighted by atomic mass is 32.2. The first kappa shape index (κ1) is 15.0. The number of nitrogens with zero attached hydrogens (tertiary/aromatic N) is 3. The fraction of sp³-hybridized carbons (Fsp3) is 0.667. The van der Waals surface area contributed by atoms with Gasteiger partial charge in [0.1, 0.15) is 4.90 Å². The molecular weight excluding hydrogens is 282 g/mol. The molecule has 0 saturated heterocycles. The zero-order chi connectivity index (χ0) is 15.1. The smallest absolute Gasteiger partial charge is 0.305 e. The number of aryl methyl sites for hydroxylation is 2. The maximum absolute atomic E-state index is 12.6. The van der Waals surface area contributed by atoms with Crippen molar-refractivity contribution in [1.82, 2.24) is 14.1 Å². The Bertz CT molecular complexity index is 631. The van der Waals surface area contributed by atoms with Gasteiger partial charge in [-0.1, -0.05) is 0 Å². The monoisotopic (exact) mass is 301 g/mol. The average Bonchev–Trinajstić information content (AvgIpc) is 3.12. The van der Waals surface area contributed by atoms with Crippen LogP contribution in [0, 0.1) is 13.8 Å². The van der Waals surface area contributed by atoms with E-state index in [1.165, 1.54) is 8.99 Å². The van der Waals surface area contributed by atoms with Gasteiger partial charge >= 0.3 is 5.97 Å². The third-order valence-corrected chi connectivity index (χ3v) is 5.71. The molecule has 0 unspecified atom stereocenters. The largest absolute Gasteiger partial charge is 0.481 e. The van der Waals surface area contributed by atoms with Crippen molar-refractivity contribution in [3.05, 3.63) is 11.4 Å². The molecule has 112 valence electrons. The van der Waals surface area contributed by atoms with Crippen LogP contribution in [0.2, 0.25) is 0 Å². The number of hydrogen-bond acceptors (Lipinski definition) is 4. The minimum absolute atomic E-state index is 0.0834. The van der Waals surface area contributed by atoms with Crippen LogP contribution in [0.15, 0.2) is 4.90 Å². The molecule has 2 rings (SSSR count). The lowest BCUT2D eigenvalue weighted by molar-refractivity contribution is -0.137. The summed E-state index contributed by atoms with van der Waals surface area (Å²) in [6.45, 7) is 3.47. The van der Waals surface area contributed by atoms with E-state index in [1.807, 2.05) is 0 Å². The van der Waals surface area contributed by atoms with Gasteiger partial charge in [0.15, 0.2) is 0 Å². The van der Waals surface area contributed by atoms with E-state index >= 15 is 0 Å². The summed E-state index contributed by atoms with van der Waals surface area (Å²) < 4.78 is 28.0. The second kappa shape index (κ2) is 5.17. The third-order valence-electron chi connectivity index (χ3n) is 3.55. The van der Waals surface area contributed by atoms with Crippen molar-refractivity contribution < 1.29 is 18.3 Å². The van der Waals surface area contributed by atoms with E-state index in [2.05, 4.69) is 5.10 Å². The zero-order valence-corrected chi connectivity index (χ0v) is 12.6. The van der Waals surface area contributed by atoms with E-state index < -0.39 is 16.0 Å². The summed E-state index contributed by atoms with van der Waals surface area (Å²) in [7, 11) is -1.97. The van der Waals surface area contributed by atoms with Crippen molar-refractivity contribution in [2.45, 2.75) is 50.6 Å². The first-order valence-corrected chi connectivity index (χ1v) is 7.93. The number of carbonyl (C=O) groups is 1. The third kappa shape index (κ3) is 2.71. The molecule has 0 radical (unpaired) electrons. The van der Waals surface area contributed by atoms with Gasteiger partial charge in [0, 0.05) is 13.1 Å². The van der Waals surface area contributed by atoms with E-state index in [4.69, 9.17) is 5.11 Å². The molecule has 0 amide bonds. The molecule has 7 nitrogen and oxygen atoms in total. The summed E-state index contributed by atoms with van der Waals surface area (Å²) in [6.07, 6.45) is 1.70. The van der Waals surface area contributed by atoms with Gasteiger partial charge in [-0.05, 0) is 26.7 Å². The summed E-state index contributed by atoms with van der Waals surface area (Å²) in [4.78, 5) is 10.8. The van der Waals surface area contributed by atoms with Gasteiger partial charge in [0.25, 0.3) is 0 Å².